The third kappa shape index (κ3) is 2.59. The fraction of sp³-hybridized carbons (Fsp3) is 0.333. The molecule has 1 heterocycles. The van der Waals surface area contributed by atoms with Crippen molar-refractivity contribution in [1.82, 2.24) is 4.90 Å². The van der Waals surface area contributed by atoms with Gasteiger partial charge in [-0.1, -0.05) is 0 Å². The molecular formula is C12H14N2O3S. The summed E-state index contributed by atoms with van der Waals surface area (Å²) in [5.41, 5.74) is 0.785. The molecule has 1 aromatic carbocycles. The maximum atomic E-state index is 11.7. The van der Waals surface area contributed by atoms with Gasteiger partial charge in [-0.15, -0.1) is 0 Å². The van der Waals surface area contributed by atoms with E-state index >= 15 is 0 Å². The van der Waals surface area contributed by atoms with Crippen LogP contribution in [0.25, 0.3) is 0 Å². The first-order valence-corrected chi connectivity index (χ1v) is 6.47. The number of carbonyl (C=O) groups is 2. The number of benzene rings is 1. The Morgan fingerprint density at radius 2 is 2.00 bits per heavy atom. The van der Waals surface area contributed by atoms with Crippen LogP contribution >= 0.6 is 11.8 Å². The second-order valence-corrected chi connectivity index (χ2v) is 4.82. The minimum Gasteiger partial charge on any atom is -0.494 e. The molecule has 0 aromatic heterocycles. The molecule has 1 aromatic rings. The number of carbonyl (C=O) groups excluding carboxylic acids is 2. The molecule has 1 aliphatic heterocycles. The Morgan fingerprint density at radius 3 is 2.50 bits per heavy atom. The van der Waals surface area contributed by atoms with Crippen LogP contribution in [-0.2, 0) is 4.79 Å². The van der Waals surface area contributed by atoms with E-state index in [1.54, 1.807) is 0 Å². The van der Waals surface area contributed by atoms with Gasteiger partial charge in [-0.2, -0.15) is 0 Å². The normalized spacial score (nSPS) is 19.2. The molecule has 1 saturated heterocycles. The lowest BCUT2D eigenvalue weighted by molar-refractivity contribution is -0.125. The van der Waals surface area contributed by atoms with Gasteiger partial charge in [0, 0.05) is 12.7 Å². The zero-order valence-electron chi connectivity index (χ0n) is 10.2. The first-order valence-electron chi connectivity index (χ1n) is 5.59. The largest absolute Gasteiger partial charge is 0.494 e. The second-order valence-electron chi connectivity index (χ2n) is 3.76. The van der Waals surface area contributed by atoms with E-state index in [2.05, 4.69) is 5.32 Å². The quantitative estimate of drug-likeness (QED) is 0.905. The Bertz CT molecular complexity index is 461. The van der Waals surface area contributed by atoms with Crippen LogP contribution in [-0.4, -0.2) is 35.1 Å². The van der Waals surface area contributed by atoms with Crippen molar-refractivity contribution >= 4 is 28.6 Å². The number of thioether (sulfide) groups is 1. The molecule has 0 bridgehead atoms. The minimum atomic E-state index is -0.541. The number of ether oxygens (including phenoxy) is 1. The van der Waals surface area contributed by atoms with Gasteiger partial charge in [0.05, 0.1) is 6.61 Å². The summed E-state index contributed by atoms with van der Waals surface area (Å²) in [5, 5.41) is 2.24. The summed E-state index contributed by atoms with van der Waals surface area (Å²) >= 11 is 0.986. The molecule has 0 aliphatic carbocycles. The Labute approximate surface area is 109 Å². The van der Waals surface area contributed by atoms with Crippen LogP contribution in [0.2, 0.25) is 0 Å². The summed E-state index contributed by atoms with van der Waals surface area (Å²) in [6.07, 6.45) is 0. The number of nitrogens with one attached hydrogen (secondary N) is 1. The van der Waals surface area contributed by atoms with E-state index < -0.39 is 5.37 Å². The molecule has 2 amide bonds. The van der Waals surface area contributed by atoms with Gasteiger partial charge in [0.25, 0.3) is 11.1 Å². The van der Waals surface area contributed by atoms with Crippen molar-refractivity contribution < 1.29 is 14.3 Å². The van der Waals surface area contributed by atoms with Crippen molar-refractivity contribution in [3.8, 4) is 5.75 Å². The first-order chi connectivity index (χ1) is 8.61. The van der Waals surface area contributed by atoms with Crippen LogP contribution in [0.3, 0.4) is 0 Å². The molecule has 1 aliphatic rings. The van der Waals surface area contributed by atoms with Crippen molar-refractivity contribution in [2.75, 3.05) is 19.0 Å². The summed E-state index contributed by atoms with van der Waals surface area (Å²) in [5.74, 6) is 0.556. The van der Waals surface area contributed by atoms with Gasteiger partial charge in [0.2, 0.25) is 0 Å². The van der Waals surface area contributed by atoms with Crippen LogP contribution < -0.4 is 10.1 Å². The predicted octanol–water partition coefficient (Wildman–Crippen LogP) is 2.15. The topological polar surface area (TPSA) is 58.6 Å². The zero-order valence-corrected chi connectivity index (χ0v) is 11.0. The number of hydrogen-bond donors (Lipinski definition) is 1. The van der Waals surface area contributed by atoms with E-state index in [1.807, 2.05) is 31.2 Å². The first kappa shape index (κ1) is 12.8. The summed E-state index contributed by atoms with van der Waals surface area (Å²) < 4.78 is 5.32. The van der Waals surface area contributed by atoms with Crippen LogP contribution in [0.15, 0.2) is 24.3 Å². The van der Waals surface area contributed by atoms with E-state index in [0.29, 0.717) is 6.61 Å². The van der Waals surface area contributed by atoms with E-state index in [0.717, 1.165) is 28.1 Å². The molecule has 1 fully saturated rings. The average molecular weight is 266 g/mol. The maximum Gasteiger partial charge on any atom is 0.290 e. The van der Waals surface area contributed by atoms with E-state index in [4.69, 9.17) is 4.74 Å². The number of anilines is 1. The number of hydrogen-bond acceptors (Lipinski definition) is 5. The van der Waals surface area contributed by atoms with Crippen molar-refractivity contribution in [2.45, 2.75) is 12.3 Å². The number of imide groups is 1. The molecule has 6 heteroatoms. The lowest BCUT2D eigenvalue weighted by atomic mass is 10.3. The van der Waals surface area contributed by atoms with Gasteiger partial charge in [0.15, 0.2) is 5.37 Å². The molecule has 0 spiro atoms. The Kier molecular flexibility index (Phi) is 3.76. The molecule has 5 nitrogen and oxygen atoms in total. The number of nitrogens with zero attached hydrogens (tertiary/aromatic N) is 1. The molecule has 2 rings (SSSR count). The highest BCUT2D eigenvalue weighted by Gasteiger charge is 2.36. The van der Waals surface area contributed by atoms with Crippen LogP contribution in [0.1, 0.15) is 6.92 Å². The van der Waals surface area contributed by atoms with Crippen molar-refractivity contribution in [3.63, 3.8) is 0 Å². The molecule has 0 unspecified atom stereocenters. The van der Waals surface area contributed by atoms with Gasteiger partial charge < -0.3 is 10.1 Å². The second kappa shape index (κ2) is 5.30. The Balaban J connectivity index is 2.02. The smallest absolute Gasteiger partial charge is 0.290 e. The highest BCUT2D eigenvalue weighted by Crippen LogP contribution is 2.27. The zero-order chi connectivity index (χ0) is 13.1. The maximum absolute atomic E-state index is 11.7. The van der Waals surface area contributed by atoms with Gasteiger partial charge in [0.1, 0.15) is 5.75 Å². The van der Waals surface area contributed by atoms with Crippen LogP contribution in [0.5, 0.6) is 5.75 Å². The Morgan fingerprint density at radius 1 is 1.33 bits per heavy atom. The number of rotatable bonds is 4. The summed E-state index contributed by atoms with van der Waals surface area (Å²) in [6.45, 7) is 2.53. The van der Waals surface area contributed by atoms with Crippen LogP contribution in [0.4, 0.5) is 10.5 Å². The van der Waals surface area contributed by atoms with E-state index in [-0.39, 0.29) is 11.1 Å². The van der Waals surface area contributed by atoms with E-state index in [9.17, 15) is 9.59 Å². The van der Waals surface area contributed by atoms with Crippen molar-refractivity contribution in [3.05, 3.63) is 24.3 Å². The van der Waals surface area contributed by atoms with Crippen molar-refractivity contribution in [2.24, 2.45) is 0 Å². The summed E-state index contributed by atoms with van der Waals surface area (Å²) in [6, 6.07) is 7.28. The average Bonchev–Trinajstić information content (AvgIpc) is 2.60. The lowest BCUT2D eigenvalue weighted by Crippen LogP contribution is -2.31. The highest BCUT2D eigenvalue weighted by molar-refractivity contribution is 8.15. The van der Waals surface area contributed by atoms with Gasteiger partial charge in [-0.05, 0) is 43.0 Å². The summed E-state index contributed by atoms with van der Waals surface area (Å²) in [4.78, 5) is 24.1. The third-order valence-corrected chi connectivity index (χ3v) is 3.54. The SMILES string of the molecule is CCOc1ccc(N[C@H]2SC(=O)N(C)C2=O)cc1. The summed E-state index contributed by atoms with van der Waals surface area (Å²) in [7, 11) is 1.48. The fourth-order valence-corrected chi connectivity index (χ4v) is 2.46. The molecule has 1 N–H and O–H groups in total. The predicted molar refractivity (Wildman–Crippen MR) is 70.8 cm³/mol. The molecular weight excluding hydrogens is 252 g/mol. The van der Waals surface area contributed by atoms with Gasteiger partial charge in [-0.3, -0.25) is 14.5 Å². The van der Waals surface area contributed by atoms with Gasteiger partial charge in [-0.25, -0.2) is 0 Å². The van der Waals surface area contributed by atoms with E-state index in [1.165, 1.54) is 7.05 Å². The monoisotopic (exact) mass is 266 g/mol. The number of likely N-dealkylation sites (N-methyl/N-ethyl adjacent to an activating group) is 1. The molecule has 0 saturated carbocycles. The fourth-order valence-electron chi connectivity index (χ4n) is 1.55. The van der Waals surface area contributed by atoms with Crippen molar-refractivity contribution in [1.29, 1.82) is 0 Å². The van der Waals surface area contributed by atoms with Gasteiger partial charge >= 0.3 is 0 Å². The third-order valence-electron chi connectivity index (χ3n) is 2.51. The lowest BCUT2D eigenvalue weighted by Gasteiger charge is -2.11. The molecule has 1 atom stereocenters. The Hall–Kier alpha value is -1.69. The number of amides is 2. The van der Waals surface area contributed by atoms with Crippen LogP contribution in [0, 0.1) is 0 Å². The highest BCUT2D eigenvalue weighted by atomic mass is 32.2. The minimum absolute atomic E-state index is 0.223. The standard InChI is InChI=1S/C12H14N2O3S/c1-3-17-9-6-4-8(5-7-9)13-10-11(15)14(2)12(16)18-10/h4-7,10,13H,3H2,1-2H3/t10-/m0/s1. The molecule has 0 radical (unpaired) electrons. The molecule has 96 valence electrons. The molecule has 18 heavy (non-hydrogen) atoms.